The van der Waals surface area contributed by atoms with E-state index in [0.29, 0.717) is 5.92 Å². The summed E-state index contributed by atoms with van der Waals surface area (Å²) in [6, 6.07) is 8.45. The summed E-state index contributed by atoms with van der Waals surface area (Å²) in [6.45, 7) is 4.39. The van der Waals surface area contributed by atoms with Gasteiger partial charge in [0.1, 0.15) is 0 Å². The number of hydrogen-bond acceptors (Lipinski definition) is 3. The van der Waals surface area contributed by atoms with E-state index in [-0.39, 0.29) is 32.7 Å². The molecule has 81 valence electrons. The van der Waals surface area contributed by atoms with Gasteiger partial charge in [0, 0.05) is 43.5 Å². The maximum absolute atomic E-state index is 4.05. The minimum atomic E-state index is 0. The Labute approximate surface area is 125 Å². The molecule has 2 aromatic rings. The summed E-state index contributed by atoms with van der Waals surface area (Å²) in [5.41, 5.74) is 2.43. The third-order valence-electron chi connectivity index (χ3n) is 2.22. The van der Waals surface area contributed by atoms with Gasteiger partial charge in [-0.15, -0.1) is 6.20 Å². The summed E-state index contributed by atoms with van der Waals surface area (Å²) in [5.74, 6) is 0.576. The Morgan fingerprint density at radius 1 is 1.25 bits per heavy atom. The zero-order valence-electron chi connectivity index (χ0n) is 9.40. The van der Waals surface area contributed by atoms with Crippen LogP contribution < -0.4 is 5.32 Å². The van der Waals surface area contributed by atoms with E-state index >= 15 is 0 Å². The fraction of sp³-hybridized carbons (Fsp3) is 0.250. The molecule has 0 aliphatic rings. The number of anilines is 2. The summed E-state index contributed by atoms with van der Waals surface area (Å²) in [7, 11) is 0. The molecule has 1 heterocycles. The van der Waals surface area contributed by atoms with E-state index in [1.165, 1.54) is 5.56 Å². The van der Waals surface area contributed by atoms with Gasteiger partial charge in [-0.1, -0.05) is 31.4 Å². The average molecular weight is 306 g/mol. The van der Waals surface area contributed by atoms with Crippen LogP contribution in [0.3, 0.4) is 0 Å². The van der Waals surface area contributed by atoms with Crippen LogP contribution in [0.25, 0.3) is 0 Å². The van der Waals surface area contributed by atoms with Crippen LogP contribution in [-0.4, -0.2) is 4.98 Å². The van der Waals surface area contributed by atoms with Crippen LogP contribution in [0.15, 0.2) is 29.6 Å². The second-order valence-electron chi connectivity index (χ2n) is 3.68. The molecule has 0 fully saturated rings. The molecule has 0 aliphatic heterocycles. The van der Waals surface area contributed by atoms with Gasteiger partial charge in [-0.2, -0.15) is 0 Å². The molecule has 0 unspecified atom stereocenters. The predicted molar refractivity (Wildman–Crippen MR) is 64.8 cm³/mol. The van der Waals surface area contributed by atoms with Crippen molar-refractivity contribution >= 4 is 22.2 Å². The van der Waals surface area contributed by atoms with Crippen LogP contribution in [0.4, 0.5) is 10.8 Å². The molecule has 2 nitrogen and oxygen atoms in total. The van der Waals surface area contributed by atoms with Gasteiger partial charge in [-0.25, -0.2) is 11.3 Å². The normalized spacial score (nSPS) is 9.94. The first-order chi connectivity index (χ1) is 7.25. The summed E-state index contributed by atoms with van der Waals surface area (Å²) in [6.07, 6.45) is 2.79. The van der Waals surface area contributed by atoms with Crippen LogP contribution in [0.2, 0.25) is 0 Å². The van der Waals surface area contributed by atoms with E-state index in [2.05, 4.69) is 54.6 Å². The Morgan fingerprint density at radius 2 is 1.94 bits per heavy atom. The van der Waals surface area contributed by atoms with Gasteiger partial charge in [-0.05, 0) is 23.6 Å². The molecule has 0 spiro atoms. The van der Waals surface area contributed by atoms with E-state index in [9.17, 15) is 0 Å². The summed E-state index contributed by atoms with van der Waals surface area (Å²) >= 11 is 1.55. The van der Waals surface area contributed by atoms with Crippen molar-refractivity contribution in [3.63, 3.8) is 0 Å². The first-order valence-electron chi connectivity index (χ1n) is 4.94. The number of hydrogen-bond donors (Lipinski definition) is 1. The van der Waals surface area contributed by atoms with Crippen molar-refractivity contribution in [2.75, 3.05) is 5.32 Å². The molecule has 16 heavy (non-hydrogen) atoms. The molecule has 1 aromatic carbocycles. The van der Waals surface area contributed by atoms with Crippen molar-refractivity contribution in [3.8, 4) is 0 Å². The largest absolute Gasteiger partial charge is 0.428 e. The molecule has 0 amide bonds. The SMILES string of the molecule is CC(C)c1ccc(Nc2n[c-]cs2)cc1.[Y]. The van der Waals surface area contributed by atoms with Gasteiger partial charge in [0.15, 0.2) is 0 Å². The van der Waals surface area contributed by atoms with Crippen LogP contribution in [-0.2, 0) is 32.7 Å². The van der Waals surface area contributed by atoms with Gasteiger partial charge in [-0.3, -0.25) is 0 Å². The Morgan fingerprint density at radius 3 is 2.44 bits per heavy atom. The van der Waals surface area contributed by atoms with Crippen molar-refractivity contribution < 1.29 is 32.7 Å². The van der Waals surface area contributed by atoms with Crippen molar-refractivity contribution in [2.45, 2.75) is 19.8 Å². The molecule has 0 atom stereocenters. The van der Waals surface area contributed by atoms with Crippen molar-refractivity contribution in [2.24, 2.45) is 0 Å². The molecule has 1 N–H and O–H groups in total. The quantitative estimate of drug-likeness (QED) is 0.872. The van der Waals surface area contributed by atoms with Crippen LogP contribution in [0, 0.1) is 6.20 Å². The number of rotatable bonds is 3. The fourth-order valence-electron chi connectivity index (χ4n) is 1.33. The zero-order valence-corrected chi connectivity index (χ0v) is 13.1. The number of nitrogens with one attached hydrogen (secondary N) is 1. The Kier molecular flexibility index (Phi) is 5.60. The third-order valence-corrected chi connectivity index (χ3v) is 2.86. The van der Waals surface area contributed by atoms with E-state index in [0.717, 1.165) is 10.8 Å². The minimum absolute atomic E-state index is 0. The van der Waals surface area contributed by atoms with Crippen LogP contribution in [0.1, 0.15) is 25.3 Å². The van der Waals surface area contributed by atoms with Crippen LogP contribution in [0.5, 0.6) is 0 Å². The number of aromatic nitrogens is 1. The zero-order chi connectivity index (χ0) is 10.7. The predicted octanol–water partition coefficient (Wildman–Crippen LogP) is 3.81. The molecule has 0 saturated carbocycles. The third kappa shape index (κ3) is 3.65. The Bertz CT molecular complexity index is 409. The van der Waals surface area contributed by atoms with Gasteiger partial charge in [0.2, 0.25) is 0 Å². The Balaban J connectivity index is 0.00000128. The molecule has 0 bridgehead atoms. The van der Waals surface area contributed by atoms with Crippen molar-refractivity contribution in [1.82, 2.24) is 4.98 Å². The molecule has 0 saturated heterocycles. The van der Waals surface area contributed by atoms with Crippen LogP contribution >= 0.6 is 11.3 Å². The molecule has 1 aromatic heterocycles. The van der Waals surface area contributed by atoms with Crippen molar-refractivity contribution in [3.05, 3.63) is 41.4 Å². The first kappa shape index (κ1) is 13.8. The topological polar surface area (TPSA) is 24.9 Å². The Hall–Kier alpha value is -0.246. The maximum atomic E-state index is 4.05. The van der Waals surface area contributed by atoms with Gasteiger partial charge in [0.05, 0.1) is 0 Å². The van der Waals surface area contributed by atoms with E-state index in [1.807, 2.05) is 5.38 Å². The second kappa shape index (κ2) is 6.48. The monoisotopic (exact) mass is 306 g/mol. The molecule has 2 rings (SSSR count). The average Bonchev–Trinajstić information content (AvgIpc) is 2.71. The first-order valence-corrected chi connectivity index (χ1v) is 5.82. The number of nitrogens with zero attached hydrogens (tertiary/aromatic N) is 1. The molecular formula is C12H13N2SY-. The van der Waals surface area contributed by atoms with E-state index in [1.54, 1.807) is 11.3 Å². The molecule has 4 heteroatoms. The van der Waals surface area contributed by atoms with Gasteiger partial charge >= 0.3 is 0 Å². The minimum Gasteiger partial charge on any atom is -0.428 e. The summed E-state index contributed by atoms with van der Waals surface area (Å²) in [4.78, 5) is 4.05. The van der Waals surface area contributed by atoms with Gasteiger partial charge < -0.3 is 10.3 Å². The molecular weight excluding hydrogens is 293 g/mol. The number of thiazole rings is 1. The molecule has 1 radical (unpaired) electrons. The van der Waals surface area contributed by atoms with E-state index in [4.69, 9.17) is 0 Å². The van der Waals surface area contributed by atoms with Gasteiger partial charge in [0.25, 0.3) is 0 Å². The number of benzene rings is 1. The fourth-order valence-corrected chi connectivity index (χ4v) is 1.82. The standard InChI is InChI=1S/C12H13N2S.Y/c1-9(2)10-3-5-11(6-4-10)14-12-13-7-8-15-12;/h3-6,8-9H,1-2H3,(H,13,14);/q-1;. The van der Waals surface area contributed by atoms with E-state index < -0.39 is 0 Å². The smallest absolute Gasteiger partial charge is 0.0280 e. The maximum Gasteiger partial charge on any atom is 0.0280 e. The molecule has 0 aliphatic carbocycles. The van der Waals surface area contributed by atoms with Crippen molar-refractivity contribution in [1.29, 1.82) is 0 Å². The summed E-state index contributed by atoms with van der Waals surface area (Å²) < 4.78 is 0. The summed E-state index contributed by atoms with van der Waals surface area (Å²) in [5, 5.41) is 5.95. The second-order valence-corrected chi connectivity index (χ2v) is 4.54.